The minimum absolute atomic E-state index is 0.00563. The van der Waals surface area contributed by atoms with Gasteiger partial charge < -0.3 is 30.1 Å². The van der Waals surface area contributed by atoms with E-state index >= 15 is 0 Å². The van der Waals surface area contributed by atoms with Crippen LogP contribution < -0.4 is 11.1 Å². The summed E-state index contributed by atoms with van der Waals surface area (Å²) in [5.41, 5.74) is 8.43. The summed E-state index contributed by atoms with van der Waals surface area (Å²) in [6.45, 7) is 9.96. The van der Waals surface area contributed by atoms with Crippen molar-refractivity contribution in [1.82, 2.24) is 20.3 Å². The Kier molecular flexibility index (Phi) is 9.45. The molecule has 0 radical (unpaired) electrons. The van der Waals surface area contributed by atoms with E-state index in [1.807, 2.05) is 4.90 Å². The molecule has 2 fully saturated rings. The van der Waals surface area contributed by atoms with Crippen molar-refractivity contribution < 1.29 is 31.6 Å². The van der Waals surface area contributed by atoms with E-state index in [0.717, 1.165) is 11.6 Å². The number of fused-ring (bicyclic) bond motifs is 1. The Bertz CT molecular complexity index is 1440. The van der Waals surface area contributed by atoms with Gasteiger partial charge in [0.15, 0.2) is 5.84 Å². The van der Waals surface area contributed by atoms with Crippen LogP contribution in [0.25, 0.3) is 0 Å². The lowest BCUT2D eigenvalue weighted by Crippen LogP contribution is -2.52. The quantitative estimate of drug-likeness (QED) is 0.157. The summed E-state index contributed by atoms with van der Waals surface area (Å²) < 4.78 is 64.3. The zero-order chi connectivity index (χ0) is 31.6. The first-order valence-corrected chi connectivity index (χ1v) is 14.8. The van der Waals surface area contributed by atoms with Gasteiger partial charge in [-0.1, -0.05) is 17.8 Å². The summed E-state index contributed by atoms with van der Waals surface area (Å²) in [6.07, 6.45) is -3.17. The SMILES string of the molecule is C=C(/C(C)=C(\N=C(N)c1cc(C)on1)C(=O)N1CCC(N[C@H]2CCOC[C@H]2F)CC1)N1CCc2cc(C(F)(F)F)ccc2C1. The third-order valence-electron chi connectivity index (χ3n) is 8.56. The number of amides is 1. The topological polar surface area (TPSA) is 109 Å². The van der Waals surface area contributed by atoms with E-state index in [0.29, 0.717) is 86.8 Å². The van der Waals surface area contributed by atoms with Crippen LogP contribution in [0, 0.1) is 6.92 Å². The second kappa shape index (κ2) is 13.1. The van der Waals surface area contributed by atoms with Gasteiger partial charge >= 0.3 is 6.18 Å². The number of carbonyl (C=O) groups excluding carboxylic acids is 1. The van der Waals surface area contributed by atoms with Gasteiger partial charge in [-0.2, -0.15) is 13.2 Å². The number of allylic oxidation sites excluding steroid dienone is 1. The Morgan fingerprint density at radius 2 is 1.89 bits per heavy atom. The lowest BCUT2D eigenvalue weighted by Gasteiger charge is -2.37. The number of hydrogen-bond acceptors (Lipinski definition) is 7. The largest absolute Gasteiger partial charge is 0.416 e. The van der Waals surface area contributed by atoms with Crippen LogP contribution in [0.3, 0.4) is 0 Å². The number of aryl methyl sites for hydroxylation is 1. The first kappa shape index (κ1) is 31.7. The molecule has 3 aliphatic heterocycles. The average Bonchev–Trinajstić information content (AvgIpc) is 3.45. The van der Waals surface area contributed by atoms with Crippen molar-refractivity contribution in [1.29, 1.82) is 0 Å². The number of nitrogens with two attached hydrogens (primary N) is 1. The van der Waals surface area contributed by atoms with Gasteiger partial charge in [0.25, 0.3) is 5.91 Å². The smallest absolute Gasteiger partial charge is 0.382 e. The highest BCUT2D eigenvalue weighted by Crippen LogP contribution is 2.33. The number of alkyl halides is 4. The van der Waals surface area contributed by atoms with Crippen molar-refractivity contribution in [2.45, 2.75) is 70.5 Å². The predicted octanol–water partition coefficient (Wildman–Crippen LogP) is 4.26. The number of likely N-dealkylation sites (tertiary alicyclic amines) is 1. The minimum Gasteiger partial charge on any atom is -0.382 e. The summed E-state index contributed by atoms with van der Waals surface area (Å²) in [5.74, 6) is 0.212. The number of amidine groups is 1. The highest BCUT2D eigenvalue weighted by atomic mass is 19.4. The molecule has 2 atom stereocenters. The molecule has 13 heteroatoms. The molecular weight excluding hydrogens is 580 g/mol. The van der Waals surface area contributed by atoms with Gasteiger partial charge in [-0.05, 0) is 62.8 Å². The van der Waals surface area contributed by atoms with E-state index < -0.39 is 17.9 Å². The number of ether oxygens (including phenoxy) is 1. The molecule has 0 unspecified atom stereocenters. The fourth-order valence-corrected chi connectivity index (χ4v) is 5.88. The summed E-state index contributed by atoms with van der Waals surface area (Å²) in [5, 5.41) is 7.32. The second-order valence-electron chi connectivity index (χ2n) is 11.6. The average molecular weight is 619 g/mol. The van der Waals surface area contributed by atoms with Crippen LogP contribution in [-0.2, 0) is 28.7 Å². The van der Waals surface area contributed by atoms with E-state index in [4.69, 9.17) is 15.0 Å². The number of nitrogens with zero attached hydrogens (tertiary/aromatic N) is 4. The summed E-state index contributed by atoms with van der Waals surface area (Å²) in [4.78, 5) is 22.1. The standard InChI is InChI=1S/C31H38F4N6O3/c1-18-14-27(39-44-18)29(36)38-28(30(42)40-11-7-24(8-12-40)37-26-9-13-43-17-25(26)32)19(2)20(3)41-10-6-21-15-23(31(33,34)35)5-4-22(21)16-41/h4-5,14-15,24-26,37H,3,6-13,16-17H2,1-2H3,(H2,36,38)/b28-19-/t25-,26+/m1/s1. The second-order valence-corrected chi connectivity index (χ2v) is 11.6. The predicted molar refractivity (Wildman–Crippen MR) is 156 cm³/mol. The van der Waals surface area contributed by atoms with Crippen molar-refractivity contribution >= 4 is 11.7 Å². The van der Waals surface area contributed by atoms with E-state index in [1.54, 1.807) is 24.8 Å². The first-order valence-electron chi connectivity index (χ1n) is 14.8. The van der Waals surface area contributed by atoms with Crippen LogP contribution in [0.2, 0.25) is 0 Å². The number of piperidine rings is 1. The van der Waals surface area contributed by atoms with E-state index in [9.17, 15) is 22.4 Å². The van der Waals surface area contributed by atoms with E-state index in [-0.39, 0.29) is 36.1 Å². The van der Waals surface area contributed by atoms with Crippen molar-refractivity contribution in [3.63, 3.8) is 0 Å². The highest BCUT2D eigenvalue weighted by Gasteiger charge is 2.33. The van der Waals surface area contributed by atoms with Crippen LogP contribution in [0.1, 0.15) is 54.3 Å². The molecular formula is C31H38F4N6O3. The Morgan fingerprint density at radius 3 is 2.55 bits per heavy atom. The molecule has 0 bridgehead atoms. The maximum Gasteiger partial charge on any atom is 0.416 e. The van der Waals surface area contributed by atoms with Crippen LogP contribution >= 0.6 is 0 Å². The van der Waals surface area contributed by atoms with Crippen molar-refractivity contribution in [2.24, 2.45) is 10.7 Å². The summed E-state index contributed by atoms with van der Waals surface area (Å²) in [6, 6.07) is 5.21. The molecule has 0 spiro atoms. The van der Waals surface area contributed by atoms with Gasteiger partial charge in [0.1, 0.15) is 23.3 Å². The van der Waals surface area contributed by atoms with Crippen molar-refractivity contribution in [2.75, 3.05) is 32.8 Å². The third-order valence-corrected chi connectivity index (χ3v) is 8.56. The lowest BCUT2D eigenvalue weighted by atomic mass is 9.96. The van der Waals surface area contributed by atoms with Crippen LogP contribution in [0.5, 0.6) is 0 Å². The number of aromatic nitrogens is 1. The number of halogens is 4. The summed E-state index contributed by atoms with van der Waals surface area (Å²) >= 11 is 0. The number of carbonyl (C=O) groups is 1. The van der Waals surface area contributed by atoms with E-state index in [2.05, 4.69) is 22.0 Å². The molecule has 44 heavy (non-hydrogen) atoms. The first-order chi connectivity index (χ1) is 20.9. The minimum atomic E-state index is -4.41. The van der Waals surface area contributed by atoms with Crippen LogP contribution in [0.15, 0.2) is 57.3 Å². The maximum absolute atomic E-state index is 14.3. The van der Waals surface area contributed by atoms with Gasteiger partial charge in [0.05, 0.1) is 12.2 Å². The fourth-order valence-electron chi connectivity index (χ4n) is 5.88. The van der Waals surface area contributed by atoms with Gasteiger partial charge in [-0.25, -0.2) is 9.38 Å². The number of rotatable bonds is 7. The Balaban J connectivity index is 1.35. The zero-order valence-electron chi connectivity index (χ0n) is 24.9. The van der Waals surface area contributed by atoms with Crippen LogP contribution in [-0.4, -0.2) is 77.8 Å². The van der Waals surface area contributed by atoms with Gasteiger partial charge in [-0.3, -0.25) is 4.79 Å². The summed E-state index contributed by atoms with van der Waals surface area (Å²) in [7, 11) is 0. The molecule has 2 saturated heterocycles. The van der Waals surface area contributed by atoms with Crippen molar-refractivity contribution in [3.8, 4) is 0 Å². The van der Waals surface area contributed by atoms with Crippen molar-refractivity contribution in [3.05, 3.63) is 76.0 Å². The highest BCUT2D eigenvalue weighted by molar-refractivity contribution is 6.02. The fraction of sp³-hybridized carbons (Fsp3) is 0.516. The molecule has 0 saturated carbocycles. The molecule has 3 aliphatic rings. The van der Waals surface area contributed by atoms with Gasteiger partial charge in [-0.15, -0.1) is 0 Å². The molecule has 1 aromatic carbocycles. The number of hydrogen-bond donors (Lipinski definition) is 2. The van der Waals surface area contributed by atoms with Gasteiger partial charge in [0.2, 0.25) is 0 Å². The normalized spacial score (nSPS) is 22.5. The van der Waals surface area contributed by atoms with Crippen LogP contribution in [0.4, 0.5) is 17.6 Å². The number of aliphatic imine (C=N–C) groups is 1. The molecule has 5 rings (SSSR count). The molecule has 2 aromatic rings. The van der Waals surface area contributed by atoms with E-state index in [1.165, 1.54) is 12.1 Å². The lowest BCUT2D eigenvalue weighted by molar-refractivity contribution is -0.137. The molecule has 1 amide bonds. The Morgan fingerprint density at radius 1 is 1.14 bits per heavy atom. The third kappa shape index (κ3) is 7.15. The molecule has 0 aliphatic carbocycles. The maximum atomic E-state index is 14.3. The Labute approximate surface area is 253 Å². The molecule has 9 nitrogen and oxygen atoms in total. The molecule has 238 valence electrons. The number of nitrogens with one attached hydrogen (secondary N) is 1. The number of benzene rings is 1. The Hall–Kier alpha value is -3.71. The van der Waals surface area contributed by atoms with Gasteiger partial charge in [0, 0.05) is 62.2 Å². The molecule has 1 aromatic heterocycles. The molecule has 3 N–H and O–H groups in total. The molecule has 4 heterocycles. The monoisotopic (exact) mass is 618 g/mol. The zero-order valence-corrected chi connectivity index (χ0v) is 24.9.